The largest absolute Gasteiger partial charge is 0.494 e. The molecule has 7 heteroatoms. The summed E-state index contributed by atoms with van der Waals surface area (Å²) in [6, 6.07) is 12.0. The number of rotatable bonds is 4. The smallest absolute Gasteiger partial charge is 0.295 e. The van der Waals surface area contributed by atoms with Crippen molar-refractivity contribution in [1.29, 1.82) is 0 Å². The molecule has 0 amide bonds. The number of nitrogens with zero attached hydrogens (tertiary/aromatic N) is 2. The molecule has 2 aromatic rings. The number of nitro groups is 1. The highest BCUT2D eigenvalue weighted by atomic mass is 19.1. The van der Waals surface area contributed by atoms with Crippen LogP contribution in [-0.2, 0) is 10.3 Å². The van der Waals surface area contributed by atoms with Crippen molar-refractivity contribution in [3.8, 4) is 5.75 Å². The van der Waals surface area contributed by atoms with Gasteiger partial charge in [0.1, 0.15) is 11.3 Å². The van der Waals surface area contributed by atoms with Crippen molar-refractivity contribution < 1.29 is 18.8 Å². The maximum absolute atomic E-state index is 13.9. The first-order chi connectivity index (χ1) is 11.9. The summed E-state index contributed by atoms with van der Waals surface area (Å²) < 4.78 is 24.9. The van der Waals surface area contributed by atoms with Gasteiger partial charge < -0.3 is 14.4 Å². The molecule has 1 atom stereocenters. The highest BCUT2D eigenvalue weighted by molar-refractivity contribution is 5.66. The molecule has 0 saturated carbocycles. The quantitative estimate of drug-likeness (QED) is 0.626. The van der Waals surface area contributed by atoms with Crippen molar-refractivity contribution in [1.82, 2.24) is 0 Å². The van der Waals surface area contributed by atoms with E-state index in [1.165, 1.54) is 13.2 Å². The lowest BCUT2D eigenvalue weighted by Gasteiger charge is -2.41. The van der Waals surface area contributed by atoms with E-state index in [0.29, 0.717) is 25.4 Å². The molecule has 0 spiro atoms. The summed E-state index contributed by atoms with van der Waals surface area (Å²) in [6.07, 6.45) is 0. The van der Waals surface area contributed by atoms with E-state index in [2.05, 4.69) is 0 Å². The fraction of sp³-hybridized carbons (Fsp3) is 0.333. The second-order valence-corrected chi connectivity index (χ2v) is 6.10. The SMILES string of the molecule is COc1cc(N2CCOC(C)(c3ccccc3)C2)c([N+](=O)[O-])cc1F. The Bertz CT molecular complexity index is 784. The first kappa shape index (κ1) is 17.2. The molecule has 132 valence electrons. The number of hydrogen-bond donors (Lipinski definition) is 0. The molecule has 1 fully saturated rings. The van der Waals surface area contributed by atoms with Crippen molar-refractivity contribution in [2.75, 3.05) is 31.7 Å². The Hall–Kier alpha value is -2.67. The average Bonchev–Trinajstić information content (AvgIpc) is 2.62. The second-order valence-electron chi connectivity index (χ2n) is 6.10. The van der Waals surface area contributed by atoms with E-state index in [4.69, 9.17) is 9.47 Å². The molecule has 0 radical (unpaired) electrons. The summed E-state index contributed by atoms with van der Waals surface area (Å²) in [5, 5.41) is 11.4. The number of morpholine rings is 1. The lowest BCUT2D eigenvalue weighted by Crippen LogP contribution is -2.48. The van der Waals surface area contributed by atoms with Crippen LogP contribution in [0.15, 0.2) is 42.5 Å². The van der Waals surface area contributed by atoms with Gasteiger partial charge in [-0.3, -0.25) is 10.1 Å². The van der Waals surface area contributed by atoms with Crippen LogP contribution in [0.3, 0.4) is 0 Å². The monoisotopic (exact) mass is 346 g/mol. The predicted octanol–water partition coefficient (Wildman–Crippen LogP) is 3.49. The van der Waals surface area contributed by atoms with E-state index in [-0.39, 0.29) is 11.4 Å². The average molecular weight is 346 g/mol. The first-order valence-electron chi connectivity index (χ1n) is 7.91. The van der Waals surface area contributed by atoms with Crippen molar-refractivity contribution in [2.45, 2.75) is 12.5 Å². The number of halogens is 1. The third-order valence-electron chi connectivity index (χ3n) is 4.45. The Morgan fingerprint density at radius 2 is 2.04 bits per heavy atom. The normalized spacial score (nSPS) is 20.4. The van der Waals surface area contributed by atoms with E-state index in [1.807, 2.05) is 42.2 Å². The lowest BCUT2D eigenvalue weighted by atomic mass is 9.93. The number of anilines is 1. The lowest BCUT2D eigenvalue weighted by molar-refractivity contribution is -0.384. The van der Waals surface area contributed by atoms with E-state index >= 15 is 0 Å². The van der Waals surface area contributed by atoms with Crippen LogP contribution in [-0.4, -0.2) is 31.7 Å². The molecular formula is C18H19FN2O4. The molecule has 2 aromatic carbocycles. The number of methoxy groups -OCH3 is 1. The third-order valence-corrected chi connectivity index (χ3v) is 4.45. The predicted molar refractivity (Wildman–Crippen MR) is 91.6 cm³/mol. The third kappa shape index (κ3) is 3.28. The van der Waals surface area contributed by atoms with Crippen LogP contribution in [0.1, 0.15) is 12.5 Å². The molecule has 1 unspecified atom stereocenters. The Kier molecular flexibility index (Phi) is 4.59. The topological polar surface area (TPSA) is 64.8 Å². The minimum Gasteiger partial charge on any atom is -0.494 e. The van der Waals surface area contributed by atoms with Crippen LogP contribution in [0.5, 0.6) is 5.75 Å². The molecule has 1 aliphatic rings. The number of hydrogen-bond acceptors (Lipinski definition) is 5. The van der Waals surface area contributed by atoms with Crippen LogP contribution in [0.25, 0.3) is 0 Å². The molecule has 0 aliphatic carbocycles. The zero-order valence-corrected chi connectivity index (χ0v) is 14.1. The van der Waals surface area contributed by atoms with E-state index < -0.39 is 16.3 Å². The number of ether oxygens (including phenoxy) is 2. The molecule has 1 heterocycles. The van der Waals surface area contributed by atoms with Crippen LogP contribution in [0.4, 0.5) is 15.8 Å². The van der Waals surface area contributed by atoms with Gasteiger partial charge in [-0.15, -0.1) is 0 Å². The fourth-order valence-electron chi connectivity index (χ4n) is 3.13. The van der Waals surface area contributed by atoms with Gasteiger partial charge in [0, 0.05) is 12.6 Å². The summed E-state index contributed by atoms with van der Waals surface area (Å²) in [5.41, 5.74) is 0.412. The standard InChI is InChI=1S/C18H19FN2O4/c1-18(13-6-4-3-5-7-13)12-20(8-9-25-18)15-11-17(24-2)14(19)10-16(15)21(22)23/h3-7,10-11H,8-9,12H2,1-2H3. The number of nitro benzene ring substituents is 1. The van der Waals surface area contributed by atoms with Gasteiger partial charge in [-0.2, -0.15) is 0 Å². The Morgan fingerprint density at radius 3 is 2.68 bits per heavy atom. The molecule has 0 aromatic heterocycles. The van der Waals surface area contributed by atoms with Crippen molar-refractivity contribution >= 4 is 11.4 Å². The summed E-state index contributed by atoms with van der Waals surface area (Å²) in [7, 11) is 1.33. The van der Waals surface area contributed by atoms with E-state index in [1.54, 1.807) is 0 Å². The molecule has 6 nitrogen and oxygen atoms in total. The molecule has 1 saturated heterocycles. The van der Waals surface area contributed by atoms with E-state index in [9.17, 15) is 14.5 Å². The van der Waals surface area contributed by atoms with Gasteiger partial charge in [0.2, 0.25) is 0 Å². The van der Waals surface area contributed by atoms with Gasteiger partial charge in [-0.25, -0.2) is 4.39 Å². The van der Waals surface area contributed by atoms with Crippen molar-refractivity contribution in [3.05, 3.63) is 64.0 Å². The second kappa shape index (κ2) is 6.68. The summed E-state index contributed by atoms with van der Waals surface area (Å²) >= 11 is 0. The molecule has 25 heavy (non-hydrogen) atoms. The Morgan fingerprint density at radius 1 is 1.32 bits per heavy atom. The molecular weight excluding hydrogens is 327 g/mol. The van der Waals surface area contributed by atoms with Gasteiger partial charge in [-0.05, 0) is 12.5 Å². The molecule has 3 rings (SSSR count). The maximum Gasteiger partial charge on any atom is 0.295 e. The number of benzene rings is 2. The minimum atomic E-state index is -0.753. The van der Waals surface area contributed by atoms with Gasteiger partial charge in [-0.1, -0.05) is 30.3 Å². The summed E-state index contributed by atoms with van der Waals surface area (Å²) in [5.74, 6) is -0.773. The zero-order valence-electron chi connectivity index (χ0n) is 14.1. The van der Waals surface area contributed by atoms with E-state index in [0.717, 1.165) is 11.6 Å². The minimum absolute atomic E-state index is 0.0199. The van der Waals surface area contributed by atoms with Crippen LogP contribution < -0.4 is 9.64 Å². The first-order valence-corrected chi connectivity index (χ1v) is 7.91. The highest BCUT2D eigenvalue weighted by Crippen LogP contribution is 2.38. The summed E-state index contributed by atoms with van der Waals surface area (Å²) in [4.78, 5) is 12.7. The van der Waals surface area contributed by atoms with Gasteiger partial charge in [0.05, 0.1) is 31.3 Å². The van der Waals surface area contributed by atoms with Gasteiger partial charge in [0.15, 0.2) is 11.6 Å². The van der Waals surface area contributed by atoms with Crippen LogP contribution in [0.2, 0.25) is 0 Å². The van der Waals surface area contributed by atoms with Crippen LogP contribution in [0, 0.1) is 15.9 Å². The zero-order chi connectivity index (χ0) is 18.0. The molecule has 1 aliphatic heterocycles. The highest BCUT2D eigenvalue weighted by Gasteiger charge is 2.36. The molecule has 0 bridgehead atoms. The Balaban J connectivity index is 2.00. The Labute approximate surface area is 144 Å². The summed E-state index contributed by atoms with van der Waals surface area (Å²) in [6.45, 7) is 3.23. The van der Waals surface area contributed by atoms with Crippen LogP contribution >= 0.6 is 0 Å². The van der Waals surface area contributed by atoms with Gasteiger partial charge >= 0.3 is 0 Å². The maximum atomic E-state index is 13.9. The van der Waals surface area contributed by atoms with Crippen molar-refractivity contribution in [2.24, 2.45) is 0 Å². The van der Waals surface area contributed by atoms with Gasteiger partial charge in [0.25, 0.3) is 5.69 Å². The fourth-order valence-corrected chi connectivity index (χ4v) is 3.13. The van der Waals surface area contributed by atoms with Crippen molar-refractivity contribution in [3.63, 3.8) is 0 Å². The molecule has 0 N–H and O–H groups in total.